The van der Waals surface area contributed by atoms with Crippen molar-refractivity contribution in [3.05, 3.63) is 12.2 Å². The van der Waals surface area contributed by atoms with E-state index < -0.39 is 17.4 Å². The van der Waals surface area contributed by atoms with E-state index in [1.165, 1.54) is 0 Å². The molecule has 0 saturated heterocycles. The van der Waals surface area contributed by atoms with Crippen molar-refractivity contribution in [2.75, 3.05) is 0 Å². The van der Waals surface area contributed by atoms with Crippen LogP contribution in [0.3, 0.4) is 0 Å². The van der Waals surface area contributed by atoms with Crippen LogP contribution in [-0.4, -0.2) is 22.2 Å². The number of carboxylic acids is 2. The van der Waals surface area contributed by atoms with Crippen molar-refractivity contribution in [2.24, 2.45) is 5.41 Å². The summed E-state index contributed by atoms with van der Waals surface area (Å²) in [6.45, 7) is 3.27. The molecule has 0 saturated carbocycles. The molecule has 0 aliphatic rings. The predicted molar refractivity (Wildman–Crippen MR) is 52.0 cm³/mol. The number of hydrogen-bond donors (Lipinski definition) is 2. The van der Waals surface area contributed by atoms with Crippen molar-refractivity contribution in [1.82, 2.24) is 0 Å². The van der Waals surface area contributed by atoms with Crippen molar-refractivity contribution >= 4 is 11.9 Å². The van der Waals surface area contributed by atoms with Gasteiger partial charge in [-0.15, -0.1) is 0 Å². The normalized spacial score (nSPS) is 11.9. The monoisotopic (exact) mass is 200 g/mol. The lowest BCUT2D eigenvalue weighted by Gasteiger charge is -2.15. The molecule has 0 aromatic carbocycles. The Morgan fingerprint density at radius 2 is 1.79 bits per heavy atom. The fourth-order valence-electron chi connectivity index (χ4n) is 0.790. The van der Waals surface area contributed by atoms with E-state index in [-0.39, 0.29) is 6.42 Å². The maximum Gasteiger partial charge on any atom is 0.309 e. The van der Waals surface area contributed by atoms with E-state index in [1.54, 1.807) is 26.0 Å². The second kappa shape index (κ2) is 5.42. The molecular weight excluding hydrogens is 184 g/mol. The molecule has 0 unspecified atom stereocenters. The van der Waals surface area contributed by atoms with Crippen LogP contribution >= 0.6 is 0 Å². The topological polar surface area (TPSA) is 74.6 Å². The number of allylic oxidation sites excluding steroid dienone is 2. The Hall–Kier alpha value is -1.32. The Bertz CT molecular complexity index is 241. The number of carboxylic acid groups (broad SMARTS) is 2. The van der Waals surface area contributed by atoms with E-state index in [0.29, 0.717) is 12.8 Å². The van der Waals surface area contributed by atoms with Crippen LogP contribution in [-0.2, 0) is 9.59 Å². The molecule has 2 N–H and O–H groups in total. The van der Waals surface area contributed by atoms with Crippen molar-refractivity contribution in [1.29, 1.82) is 0 Å². The fourth-order valence-corrected chi connectivity index (χ4v) is 0.790. The first-order valence-corrected chi connectivity index (χ1v) is 4.46. The van der Waals surface area contributed by atoms with E-state index in [1.807, 2.05) is 0 Å². The highest BCUT2D eigenvalue weighted by molar-refractivity contribution is 5.73. The number of carbonyl (C=O) groups is 2. The van der Waals surface area contributed by atoms with Gasteiger partial charge in [0.25, 0.3) is 0 Å². The smallest absolute Gasteiger partial charge is 0.309 e. The average molecular weight is 200 g/mol. The minimum atomic E-state index is -0.847. The van der Waals surface area contributed by atoms with Gasteiger partial charge in [-0.2, -0.15) is 0 Å². The third-order valence-corrected chi connectivity index (χ3v) is 1.90. The van der Waals surface area contributed by atoms with Crippen LogP contribution in [0, 0.1) is 5.41 Å². The van der Waals surface area contributed by atoms with Gasteiger partial charge >= 0.3 is 11.9 Å². The molecule has 4 heteroatoms. The van der Waals surface area contributed by atoms with Crippen LogP contribution in [0.2, 0.25) is 0 Å². The van der Waals surface area contributed by atoms with Crippen molar-refractivity contribution in [3.63, 3.8) is 0 Å². The fraction of sp³-hybridized carbons (Fsp3) is 0.600. The largest absolute Gasteiger partial charge is 0.481 e. The summed E-state index contributed by atoms with van der Waals surface area (Å²) in [6, 6.07) is 0. The first-order chi connectivity index (χ1) is 6.36. The lowest BCUT2D eigenvalue weighted by molar-refractivity contribution is -0.146. The van der Waals surface area contributed by atoms with E-state index in [4.69, 9.17) is 10.2 Å². The van der Waals surface area contributed by atoms with Gasteiger partial charge < -0.3 is 10.2 Å². The molecule has 80 valence electrons. The van der Waals surface area contributed by atoms with Crippen LogP contribution < -0.4 is 0 Å². The van der Waals surface area contributed by atoms with Gasteiger partial charge in [-0.3, -0.25) is 9.59 Å². The Morgan fingerprint density at radius 1 is 1.21 bits per heavy atom. The summed E-state index contributed by atoms with van der Waals surface area (Å²) in [5.74, 6) is -1.69. The molecule has 4 nitrogen and oxygen atoms in total. The summed E-state index contributed by atoms with van der Waals surface area (Å²) in [5, 5.41) is 17.1. The molecule has 0 spiro atoms. The maximum atomic E-state index is 10.7. The summed E-state index contributed by atoms with van der Waals surface area (Å²) in [6.07, 6.45) is 4.38. The zero-order valence-electron chi connectivity index (χ0n) is 8.49. The summed E-state index contributed by atoms with van der Waals surface area (Å²) in [4.78, 5) is 20.8. The van der Waals surface area contributed by atoms with Crippen LogP contribution in [0.4, 0.5) is 0 Å². The first kappa shape index (κ1) is 12.7. The third kappa shape index (κ3) is 5.35. The van der Waals surface area contributed by atoms with Crippen LogP contribution in [0.25, 0.3) is 0 Å². The Labute approximate surface area is 83.2 Å². The minimum Gasteiger partial charge on any atom is -0.481 e. The lowest BCUT2D eigenvalue weighted by Crippen LogP contribution is -2.22. The molecule has 0 aliphatic carbocycles. The molecule has 0 aromatic rings. The van der Waals surface area contributed by atoms with Crippen molar-refractivity contribution in [2.45, 2.75) is 33.1 Å². The van der Waals surface area contributed by atoms with Gasteiger partial charge in [0, 0.05) is 6.42 Å². The van der Waals surface area contributed by atoms with Crippen LogP contribution in [0.15, 0.2) is 12.2 Å². The molecule has 0 bridgehead atoms. The number of aliphatic carboxylic acids is 2. The van der Waals surface area contributed by atoms with E-state index in [2.05, 4.69) is 0 Å². The molecule has 0 amide bonds. The van der Waals surface area contributed by atoms with Gasteiger partial charge in [0.15, 0.2) is 0 Å². The molecule has 0 aliphatic heterocycles. The molecule has 14 heavy (non-hydrogen) atoms. The van der Waals surface area contributed by atoms with Crippen molar-refractivity contribution < 1.29 is 19.8 Å². The first-order valence-electron chi connectivity index (χ1n) is 4.46. The number of hydrogen-bond acceptors (Lipinski definition) is 2. The number of rotatable bonds is 6. The molecule has 0 aromatic heterocycles. The molecule has 0 fully saturated rings. The zero-order valence-corrected chi connectivity index (χ0v) is 8.49. The van der Waals surface area contributed by atoms with Gasteiger partial charge in [0.05, 0.1) is 5.41 Å². The highest BCUT2D eigenvalue weighted by Crippen LogP contribution is 2.20. The molecule has 0 atom stereocenters. The molecule has 0 rings (SSSR count). The zero-order chi connectivity index (χ0) is 11.2. The Kier molecular flexibility index (Phi) is 4.91. The van der Waals surface area contributed by atoms with Gasteiger partial charge in [0.2, 0.25) is 0 Å². The van der Waals surface area contributed by atoms with Crippen LogP contribution in [0.5, 0.6) is 0 Å². The van der Waals surface area contributed by atoms with Gasteiger partial charge in [-0.25, -0.2) is 0 Å². The average Bonchev–Trinajstić information content (AvgIpc) is 2.02. The summed E-state index contributed by atoms with van der Waals surface area (Å²) < 4.78 is 0. The second-order valence-electron chi connectivity index (χ2n) is 3.80. The van der Waals surface area contributed by atoms with Gasteiger partial charge in [-0.05, 0) is 26.7 Å². The Morgan fingerprint density at radius 3 is 2.21 bits per heavy atom. The molecule has 0 radical (unpaired) electrons. The lowest BCUT2D eigenvalue weighted by atomic mass is 9.89. The quantitative estimate of drug-likeness (QED) is 0.642. The molecule has 0 heterocycles. The van der Waals surface area contributed by atoms with E-state index in [0.717, 1.165) is 0 Å². The Balaban J connectivity index is 3.82. The SMILES string of the molecule is CC(C)(CC=CCCC(=O)O)C(=O)O. The highest BCUT2D eigenvalue weighted by Gasteiger charge is 2.24. The maximum absolute atomic E-state index is 10.7. The minimum absolute atomic E-state index is 0.0873. The van der Waals surface area contributed by atoms with E-state index in [9.17, 15) is 9.59 Å². The second-order valence-corrected chi connectivity index (χ2v) is 3.80. The summed E-state index contributed by atoms with van der Waals surface area (Å²) in [5.41, 5.74) is -0.778. The third-order valence-electron chi connectivity index (χ3n) is 1.90. The van der Waals surface area contributed by atoms with Crippen molar-refractivity contribution in [3.8, 4) is 0 Å². The summed E-state index contributed by atoms with van der Waals surface area (Å²) in [7, 11) is 0. The van der Waals surface area contributed by atoms with E-state index >= 15 is 0 Å². The van der Waals surface area contributed by atoms with Crippen LogP contribution in [0.1, 0.15) is 33.1 Å². The highest BCUT2D eigenvalue weighted by atomic mass is 16.4. The van der Waals surface area contributed by atoms with Gasteiger partial charge in [-0.1, -0.05) is 12.2 Å². The van der Waals surface area contributed by atoms with Gasteiger partial charge in [0.1, 0.15) is 0 Å². The molecular formula is C10H16O4. The standard InChI is InChI=1S/C10H16O4/c1-10(2,9(13)14)7-5-3-4-6-8(11)12/h3,5H,4,6-7H2,1-2H3,(H,11,12)(H,13,14). The summed E-state index contributed by atoms with van der Waals surface area (Å²) >= 11 is 0. The predicted octanol–water partition coefficient (Wildman–Crippen LogP) is 1.91.